The highest BCUT2D eigenvalue weighted by atomic mass is 32.2. The van der Waals surface area contributed by atoms with E-state index in [1.165, 1.54) is 0 Å². The van der Waals surface area contributed by atoms with Crippen LogP contribution in [0.5, 0.6) is 0 Å². The molecule has 4 nitrogen and oxygen atoms in total. The van der Waals surface area contributed by atoms with Crippen LogP contribution in [0.15, 0.2) is 17.0 Å². The number of nitrogen functional groups attached to an aromatic ring is 1. The molecule has 1 aromatic carbocycles. The monoisotopic (exact) mass is 255 g/mol. The number of halogens is 3. The zero-order chi connectivity index (χ0) is 12.7. The first-order chi connectivity index (χ1) is 7.03. The third-order valence-corrected chi connectivity index (χ3v) is 2.85. The molecule has 90 valence electrons. The number of hydrogen-bond acceptors (Lipinski definition) is 3. The SMILES string of the molecule is Cc1cc(S(=O)(=O)O)c(N)cc1C(F)(F)F. The van der Waals surface area contributed by atoms with Crippen molar-refractivity contribution in [1.82, 2.24) is 0 Å². The van der Waals surface area contributed by atoms with Crippen LogP contribution < -0.4 is 5.73 Å². The lowest BCUT2D eigenvalue weighted by Gasteiger charge is -2.12. The van der Waals surface area contributed by atoms with Crippen LogP contribution in [0.4, 0.5) is 18.9 Å². The third kappa shape index (κ3) is 2.45. The molecule has 0 fully saturated rings. The van der Waals surface area contributed by atoms with Gasteiger partial charge in [-0.2, -0.15) is 21.6 Å². The maximum absolute atomic E-state index is 12.4. The summed E-state index contributed by atoms with van der Waals surface area (Å²) in [6.07, 6.45) is -4.62. The number of rotatable bonds is 1. The van der Waals surface area contributed by atoms with Crippen LogP contribution in [0.3, 0.4) is 0 Å². The average Bonchev–Trinajstić information content (AvgIpc) is 2.04. The molecular weight excluding hydrogens is 247 g/mol. The molecule has 8 heteroatoms. The first-order valence-electron chi connectivity index (χ1n) is 3.98. The Bertz CT molecular complexity index is 522. The summed E-state index contributed by atoms with van der Waals surface area (Å²) in [6.45, 7) is 1.08. The van der Waals surface area contributed by atoms with E-state index in [4.69, 9.17) is 10.3 Å². The Labute approximate surface area is 89.6 Å². The summed E-state index contributed by atoms with van der Waals surface area (Å²) >= 11 is 0. The second kappa shape index (κ2) is 3.63. The van der Waals surface area contributed by atoms with Gasteiger partial charge in [-0.05, 0) is 24.6 Å². The van der Waals surface area contributed by atoms with Crippen molar-refractivity contribution < 1.29 is 26.1 Å². The predicted molar refractivity (Wildman–Crippen MR) is 50.4 cm³/mol. The van der Waals surface area contributed by atoms with E-state index in [0.29, 0.717) is 12.1 Å². The summed E-state index contributed by atoms with van der Waals surface area (Å²) in [5.74, 6) is 0. The fourth-order valence-electron chi connectivity index (χ4n) is 1.23. The van der Waals surface area contributed by atoms with Gasteiger partial charge in [0.25, 0.3) is 10.1 Å². The van der Waals surface area contributed by atoms with Gasteiger partial charge in [0.05, 0.1) is 11.3 Å². The van der Waals surface area contributed by atoms with Crippen LogP contribution in [0.25, 0.3) is 0 Å². The molecule has 0 spiro atoms. The number of alkyl halides is 3. The fourth-order valence-corrected chi connectivity index (χ4v) is 1.91. The van der Waals surface area contributed by atoms with Gasteiger partial charge >= 0.3 is 6.18 Å². The molecule has 0 amide bonds. The van der Waals surface area contributed by atoms with Crippen molar-refractivity contribution in [2.45, 2.75) is 18.0 Å². The molecule has 16 heavy (non-hydrogen) atoms. The Balaban J connectivity index is 3.52. The van der Waals surface area contributed by atoms with Crippen molar-refractivity contribution in [3.05, 3.63) is 23.3 Å². The third-order valence-electron chi connectivity index (χ3n) is 1.94. The fraction of sp³-hybridized carbons (Fsp3) is 0.250. The molecule has 1 aromatic rings. The molecule has 0 saturated heterocycles. The van der Waals surface area contributed by atoms with Gasteiger partial charge in [0, 0.05) is 0 Å². The van der Waals surface area contributed by atoms with Crippen LogP contribution >= 0.6 is 0 Å². The van der Waals surface area contributed by atoms with Gasteiger partial charge in [-0.15, -0.1) is 0 Å². The Kier molecular flexibility index (Phi) is 2.90. The van der Waals surface area contributed by atoms with Gasteiger partial charge in [0.15, 0.2) is 0 Å². The standard InChI is InChI=1S/C8H8F3NO3S/c1-4-2-7(16(13,14)15)6(12)3-5(4)8(9,10)11/h2-3H,12H2,1H3,(H,13,14,15). The van der Waals surface area contributed by atoms with Gasteiger partial charge in [-0.25, -0.2) is 0 Å². The molecular formula is C8H8F3NO3S. The summed E-state index contributed by atoms with van der Waals surface area (Å²) in [5.41, 5.74) is 3.14. The lowest BCUT2D eigenvalue weighted by Crippen LogP contribution is -2.11. The second-order valence-electron chi connectivity index (χ2n) is 3.18. The predicted octanol–water partition coefficient (Wildman–Crippen LogP) is 1.84. The van der Waals surface area contributed by atoms with Gasteiger partial charge in [0.1, 0.15) is 4.90 Å². The topological polar surface area (TPSA) is 80.4 Å². The Morgan fingerprint density at radius 1 is 1.31 bits per heavy atom. The number of nitrogens with two attached hydrogens (primary N) is 1. The minimum Gasteiger partial charge on any atom is -0.398 e. The molecule has 0 radical (unpaired) electrons. The van der Waals surface area contributed by atoms with Gasteiger partial charge in [0.2, 0.25) is 0 Å². The van der Waals surface area contributed by atoms with E-state index in [-0.39, 0.29) is 5.56 Å². The molecule has 0 heterocycles. The lowest BCUT2D eigenvalue weighted by atomic mass is 10.1. The van der Waals surface area contributed by atoms with Crippen LogP contribution in [-0.4, -0.2) is 13.0 Å². The summed E-state index contributed by atoms with van der Waals surface area (Å²) in [4.78, 5) is -0.724. The molecule has 0 aromatic heterocycles. The van der Waals surface area contributed by atoms with E-state index >= 15 is 0 Å². The lowest BCUT2D eigenvalue weighted by molar-refractivity contribution is -0.138. The average molecular weight is 255 g/mol. The summed E-state index contributed by atoms with van der Waals surface area (Å²) in [5, 5.41) is 0. The Morgan fingerprint density at radius 2 is 1.81 bits per heavy atom. The zero-order valence-corrected chi connectivity index (χ0v) is 8.85. The molecule has 1 rings (SSSR count). The quantitative estimate of drug-likeness (QED) is 0.592. The van der Waals surface area contributed by atoms with E-state index in [9.17, 15) is 21.6 Å². The molecule has 0 saturated carbocycles. The van der Waals surface area contributed by atoms with E-state index in [2.05, 4.69) is 0 Å². The molecule has 0 aliphatic rings. The van der Waals surface area contributed by atoms with E-state index in [0.717, 1.165) is 6.92 Å². The van der Waals surface area contributed by atoms with Crippen LogP contribution in [0, 0.1) is 6.92 Å². The number of benzene rings is 1. The van der Waals surface area contributed by atoms with E-state index in [1.54, 1.807) is 0 Å². The van der Waals surface area contributed by atoms with Crippen LogP contribution in [0.1, 0.15) is 11.1 Å². The van der Waals surface area contributed by atoms with Crippen LogP contribution in [0.2, 0.25) is 0 Å². The van der Waals surface area contributed by atoms with Crippen molar-refractivity contribution in [1.29, 1.82) is 0 Å². The summed E-state index contributed by atoms with van der Waals surface area (Å²) in [6, 6.07) is 1.17. The second-order valence-corrected chi connectivity index (χ2v) is 4.57. The van der Waals surface area contributed by atoms with E-state index in [1.807, 2.05) is 0 Å². The highest BCUT2D eigenvalue weighted by Crippen LogP contribution is 2.35. The van der Waals surface area contributed by atoms with Crippen molar-refractivity contribution >= 4 is 15.8 Å². The smallest absolute Gasteiger partial charge is 0.398 e. The normalized spacial score (nSPS) is 12.8. The maximum Gasteiger partial charge on any atom is 0.416 e. The summed E-state index contributed by atoms with van der Waals surface area (Å²) in [7, 11) is -4.61. The van der Waals surface area contributed by atoms with Crippen LogP contribution in [-0.2, 0) is 16.3 Å². The molecule has 0 aliphatic carbocycles. The molecule has 3 N–H and O–H groups in total. The van der Waals surface area contributed by atoms with Crippen molar-refractivity contribution in [2.24, 2.45) is 0 Å². The Hall–Kier alpha value is -1.28. The highest BCUT2D eigenvalue weighted by molar-refractivity contribution is 7.86. The van der Waals surface area contributed by atoms with Gasteiger partial charge in [-0.3, -0.25) is 4.55 Å². The van der Waals surface area contributed by atoms with Crippen molar-refractivity contribution in [2.75, 3.05) is 5.73 Å². The molecule has 0 aliphatic heterocycles. The highest BCUT2D eigenvalue weighted by Gasteiger charge is 2.33. The Morgan fingerprint density at radius 3 is 2.19 bits per heavy atom. The molecule has 0 unspecified atom stereocenters. The van der Waals surface area contributed by atoms with Gasteiger partial charge in [-0.1, -0.05) is 0 Å². The zero-order valence-electron chi connectivity index (χ0n) is 8.04. The number of aryl methyl sites for hydroxylation is 1. The number of hydrogen-bond donors (Lipinski definition) is 2. The minimum absolute atomic E-state index is 0.325. The molecule has 0 atom stereocenters. The maximum atomic E-state index is 12.4. The molecule has 0 bridgehead atoms. The first kappa shape index (κ1) is 12.8. The largest absolute Gasteiger partial charge is 0.416 e. The van der Waals surface area contributed by atoms with Crippen molar-refractivity contribution in [3.63, 3.8) is 0 Å². The number of anilines is 1. The summed E-state index contributed by atoms with van der Waals surface area (Å²) < 4.78 is 67.4. The van der Waals surface area contributed by atoms with Crippen molar-refractivity contribution in [3.8, 4) is 0 Å². The first-order valence-corrected chi connectivity index (χ1v) is 5.42. The van der Waals surface area contributed by atoms with E-state index < -0.39 is 32.4 Å². The minimum atomic E-state index is -4.62. The van der Waals surface area contributed by atoms with Gasteiger partial charge < -0.3 is 5.73 Å².